The van der Waals surface area contributed by atoms with Gasteiger partial charge in [0.25, 0.3) is 0 Å². The second kappa shape index (κ2) is 4.61. The van der Waals surface area contributed by atoms with Crippen LogP contribution in [0.2, 0.25) is 0 Å². The fourth-order valence-electron chi connectivity index (χ4n) is 2.08. The van der Waals surface area contributed by atoms with Gasteiger partial charge in [-0.15, -0.1) is 0 Å². The predicted molar refractivity (Wildman–Crippen MR) is 58.4 cm³/mol. The van der Waals surface area contributed by atoms with Gasteiger partial charge < -0.3 is 4.74 Å². The van der Waals surface area contributed by atoms with Gasteiger partial charge in [0, 0.05) is 6.61 Å². The van der Waals surface area contributed by atoms with Crippen LogP contribution in [-0.4, -0.2) is 6.61 Å². The molecule has 0 aliphatic carbocycles. The van der Waals surface area contributed by atoms with Crippen LogP contribution in [0, 0.1) is 0 Å². The highest BCUT2D eigenvalue weighted by Gasteiger charge is 2.17. The average Bonchev–Trinajstić information content (AvgIpc) is 2.71. The summed E-state index contributed by atoms with van der Waals surface area (Å²) in [6.45, 7) is 3.15. The van der Waals surface area contributed by atoms with Gasteiger partial charge in [-0.2, -0.15) is 0 Å². The molecule has 1 heteroatoms. The third-order valence-electron chi connectivity index (χ3n) is 2.79. The summed E-state index contributed by atoms with van der Waals surface area (Å²) in [7, 11) is 0. The summed E-state index contributed by atoms with van der Waals surface area (Å²) in [6, 6.07) is 8.86. The zero-order valence-electron chi connectivity index (χ0n) is 8.83. The molecule has 1 heterocycles. The van der Waals surface area contributed by atoms with Crippen LogP contribution in [0.5, 0.6) is 0 Å². The fourth-order valence-corrected chi connectivity index (χ4v) is 2.08. The highest BCUT2D eigenvalue weighted by atomic mass is 16.5. The molecule has 2 rings (SSSR count). The molecule has 1 aliphatic rings. The lowest BCUT2D eigenvalue weighted by atomic mass is 10.0. The summed E-state index contributed by atoms with van der Waals surface area (Å²) in [6.07, 6.45) is 5.17. The quantitative estimate of drug-likeness (QED) is 0.709. The summed E-state index contributed by atoms with van der Waals surface area (Å²) < 4.78 is 5.67. The predicted octanol–water partition coefficient (Wildman–Crippen LogP) is 3.49. The van der Waals surface area contributed by atoms with Crippen molar-refractivity contribution in [2.24, 2.45) is 0 Å². The minimum Gasteiger partial charge on any atom is -0.374 e. The number of ether oxygens (including phenoxy) is 1. The Kier molecular flexibility index (Phi) is 3.20. The average molecular weight is 190 g/mol. The van der Waals surface area contributed by atoms with Gasteiger partial charge in [-0.05, 0) is 30.4 Å². The Balaban J connectivity index is 2.12. The van der Waals surface area contributed by atoms with Gasteiger partial charge in [-0.25, -0.2) is 0 Å². The Bertz CT molecular complexity index is 287. The standard InChI is InChI=1S/C13H18O/c1-2-5-11-6-3-7-12(10-11)13-8-4-9-14-13/h3,6-7,10,13H,2,4-5,8-9H2,1H3. The number of rotatable bonds is 3. The van der Waals surface area contributed by atoms with E-state index in [1.54, 1.807) is 0 Å². The van der Waals surface area contributed by atoms with E-state index in [2.05, 4.69) is 31.2 Å². The van der Waals surface area contributed by atoms with Crippen molar-refractivity contribution < 1.29 is 4.74 Å². The lowest BCUT2D eigenvalue weighted by Crippen LogP contribution is -1.96. The molecule has 0 saturated carbocycles. The zero-order valence-corrected chi connectivity index (χ0v) is 8.83. The Morgan fingerprint density at radius 1 is 1.43 bits per heavy atom. The monoisotopic (exact) mass is 190 g/mol. The number of hydrogen-bond acceptors (Lipinski definition) is 1. The Hall–Kier alpha value is -0.820. The Morgan fingerprint density at radius 2 is 2.36 bits per heavy atom. The fraction of sp³-hybridized carbons (Fsp3) is 0.538. The van der Waals surface area contributed by atoms with Gasteiger partial charge in [0.2, 0.25) is 0 Å². The topological polar surface area (TPSA) is 9.23 Å². The van der Waals surface area contributed by atoms with Crippen molar-refractivity contribution in [2.45, 2.75) is 38.7 Å². The van der Waals surface area contributed by atoms with Crippen molar-refractivity contribution in [2.75, 3.05) is 6.61 Å². The molecule has 1 saturated heterocycles. The van der Waals surface area contributed by atoms with Gasteiger partial charge in [-0.3, -0.25) is 0 Å². The second-order valence-electron chi connectivity index (χ2n) is 4.00. The van der Waals surface area contributed by atoms with E-state index in [1.165, 1.54) is 36.8 Å². The van der Waals surface area contributed by atoms with E-state index in [9.17, 15) is 0 Å². The van der Waals surface area contributed by atoms with Crippen molar-refractivity contribution in [1.29, 1.82) is 0 Å². The molecular formula is C13H18O. The SMILES string of the molecule is CCCc1cccc(C2CCCO2)c1. The molecule has 14 heavy (non-hydrogen) atoms. The first-order chi connectivity index (χ1) is 6.90. The van der Waals surface area contributed by atoms with Gasteiger partial charge >= 0.3 is 0 Å². The zero-order chi connectivity index (χ0) is 9.80. The molecule has 0 spiro atoms. The first-order valence-corrected chi connectivity index (χ1v) is 5.60. The van der Waals surface area contributed by atoms with Crippen molar-refractivity contribution in [3.63, 3.8) is 0 Å². The summed E-state index contributed by atoms with van der Waals surface area (Å²) in [5.41, 5.74) is 2.81. The molecule has 1 atom stereocenters. The van der Waals surface area contributed by atoms with Crippen LogP contribution in [0.25, 0.3) is 0 Å². The number of hydrogen-bond donors (Lipinski definition) is 0. The molecule has 0 radical (unpaired) electrons. The van der Waals surface area contributed by atoms with Crippen LogP contribution in [0.15, 0.2) is 24.3 Å². The molecule has 1 nitrogen and oxygen atoms in total. The molecule has 1 aromatic carbocycles. The van der Waals surface area contributed by atoms with Crippen molar-refractivity contribution >= 4 is 0 Å². The minimum atomic E-state index is 0.367. The minimum absolute atomic E-state index is 0.367. The van der Waals surface area contributed by atoms with Crippen LogP contribution < -0.4 is 0 Å². The molecule has 1 fully saturated rings. The van der Waals surface area contributed by atoms with E-state index in [4.69, 9.17) is 4.74 Å². The maximum atomic E-state index is 5.67. The van der Waals surface area contributed by atoms with Crippen molar-refractivity contribution in [3.8, 4) is 0 Å². The molecule has 0 aromatic heterocycles. The summed E-state index contributed by atoms with van der Waals surface area (Å²) in [5.74, 6) is 0. The van der Waals surface area contributed by atoms with Gasteiger partial charge in [-0.1, -0.05) is 37.6 Å². The van der Waals surface area contributed by atoms with Crippen molar-refractivity contribution in [3.05, 3.63) is 35.4 Å². The molecule has 0 amide bonds. The first-order valence-electron chi connectivity index (χ1n) is 5.60. The lowest BCUT2D eigenvalue weighted by Gasteiger charge is -2.10. The van der Waals surface area contributed by atoms with Gasteiger partial charge in [0.15, 0.2) is 0 Å². The Morgan fingerprint density at radius 3 is 3.07 bits per heavy atom. The van der Waals surface area contributed by atoms with Crippen LogP contribution in [0.3, 0.4) is 0 Å². The van der Waals surface area contributed by atoms with Gasteiger partial charge in [0.05, 0.1) is 6.10 Å². The van der Waals surface area contributed by atoms with E-state index in [0.29, 0.717) is 6.10 Å². The van der Waals surface area contributed by atoms with Crippen LogP contribution in [0.1, 0.15) is 43.4 Å². The maximum Gasteiger partial charge on any atom is 0.0825 e. The molecule has 1 aromatic rings. The smallest absolute Gasteiger partial charge is 0.0825 e. The first kappa shape index (κ1) is 9.72. The molecule has 0 N–H and O–H groups in total. The molecule has 1 unspecified atom stereocenters. The van der Waals surface area contributed by atoms with Crippen LogP contribution >= 0.6 is 0 Å². The van der Waals surface area contributed by atoms with Crippen molar-refractivity contribution in [1.82, 2.24) is 0 Å². The molecular weight excluding hydrogens is 172 g/mol. The normalized spacial score (nSPS) is 21.4. The van der Waals surface area contributed by atoms with E-state index in [0.717, 1.165) is 6.61 Å². The van der Waals surface area contributed by atoms with Gasteiger partial charge in [0.1, 0.15) is 0 Å². The summed E-state index contributed by atoms with van der Waals surface area (Å²) >= 11 is 0. The molecule has 76 valence electrons. The number of aryl methyl sites for hydroxylation is 1. The summed E-state index contributed by atoms with van der Waals surface area (Å²) in [5, 5.41) is 0. The third-order valence-corrected chi connectivity index (χ3v) is 2.79. The number of benzene rings is 1. The van der Waals surface area contributed by atoms with E-state index in [1.807, 2.05) is 0 Å². The van der Waals surface area contributed by atoms with E-state index in [-0.39, 0.29) is 0 Å². The maximum absolute atomic E-state index is 5.67. The molecule has 0 bridgehead atoms. The summed E-state index contributed by atoms with van der Waals surface area (Å²) in [4.78, 5) is 0. The van der Waals surface area contributed by atoms with Crippen LogP contribution in [-0.2, 0) is 11.2 Å². The highest BCUT2D eigenvalue weighted by molar-refractivity contribution is 5.25. The van der Waals surface area contributed by atoms with Crippen LogP contribution in [0.4, 0.5) is 0 Å². The second-order valence-corrected chi connectivity index (χ2v) is 4.00. The Labute approximate surface area is 86.1 Å². The lowest BCUT2D eigenvalue weighted by molar-refractivity contribution is 0.112. The molecule has 1 aliphatic heterocycles. The highest BCUT2D eigenvalue weighted by Crippen LogP contribution is 2.28. The van der Waals surface area contributed by atoms with E-state index >= 15 is 0 Å². The van der Waals surface area contributed by atoms with E-state index < -0.39 is 0 Å². The third kappa shape index (κ3) is 2.16. The largest absolute Gasteiger partial charge is 0.374 e.